The predicted octanol–water partition coefficient (Wildman–Crippen LogP) is 20.1. The fourth-order valence-corrected chi connectivity index (χ4v) is 14.1. The van der Waals surface area contributed by atoms with Crippen LogP contribution in [0.3, 0.4) is 0 Å². The van der Waals surface area contributed by atoms with Gasteiger partial charge in [0.1, 0.15) is 0 Å². The minimum Gasteiger partial charge on any atom is -0.309 e. The Morgan fingerprint density at radius 1 is 0.237 bits per heavy atom. The number of anilines is 6. The fourth-order valence-electron chi connectivity index (χ4n) is 14.1. The van der Waals surface area contributed by atoms with Gasteiger partial charge in [-0.3, -0.25) is 0 Å². The van der Waals surface area contributed by atoms with E-state index in [1.807, 2.05) is 0 Å². The lowest BCUT2D eigenvalue weighted by molar-refractivity contribution is 0.597. The van der Waals surface area contributed by atoms with Gasteiger partial charge in [0, 0.05) is 21.7 Å². The third-order valence-corrected chi connectivity index (χ3v) is 18.4. The van der Waals surface area contributed by atoms with Crippen LogP contribution in [0, 0.1) is 13.8 Å². The first kappa shape index (κ1) is 46.3. The Hall–Kier alpha value is -8.20. The van der Waals surface area contributed by atoms with Crippen LogP contribution >= 0.6 is 0 Å². The summed E-state index contributed by atoms with van der Waals surface area (Å²) in [7, 11) is 0. The Balaban J connectivity index is 0.876. The highest BCUT2D eigenvalue weighted by molar-refractivity contribution is 5.97. The van der Waals surface area contributed by atoms with Crippen LogP contribution in [0.5, 0.6) is 0 Å². The van der Waals surface area contributed by atoms with Gasteiger partial charge in [0.05, 0.1) is 34.1 Å². The summed E-state index contributed by atoms with van der Waals surface area (Å²) in [6, 6.07) is 78.4. The number of rotatable bonds is 5. The molecule has 0 atom stereocenters. The third-order valence-electron chi connectivity index (χ3n) is 18.4. The largest absolute Gasteiger partial charge is 0.309 e. The number of hydrogen-bond acceptors (Lipinski definition) is 2. The molecule has 4 heterocycles. The van der Waals surface area contributed by atoms with Crippen molar-refractivity contribution in [3.63, 3.8) is 0 Å². The van der Waals surface area contributed by atoms with E-state index < -0.39 is 0 Å². The van der Waals surface area contributed by atoms with Gasteiger partial charge in [0.15, 0.2) is 0 Å². The van der Waals surface area contributed by atoms with E-state index in [1.165, 1.54) is 145 Å². The molecule has 0 spiro atoms. The number of fused-ring (bicyclic) bond motifs is 8. The lowest BCUT2D eigenvalue weighted by Crippen LogP contribution is -2.38. The smallest absolute Gasteiger partial charge is 0.0544 e. The molecule has 76 heavy (non-hydrogen) atoms. The van der Waals surface area contributed by atoms with Gasteiger partial charge in [-0.05, 0) is 186 Å². The average molecular weight is 981 g/mol. The second-order valence-corrected chi connectivity index (χ2v) is 24.3. The van der Waals surface area contributed by atoms with Crippen molar-refractivity contribution in [1.82, 2.24) is 0 Å². The molecular formula is C74H64N2. The zero-order valence-electron chi connectivity index (χ0n) is 45.5. The Morgan fingerprint density at radius 3 is 0.974 bits per heavy atom. The third kappa shape index (κ3) is 6.52. The molecule has 0 saturated carbocycles. The summed E-state index contributed by atoms with van der Waals surface area (Å²) in [5.41, 5.74) is 32.8. The number of aryl methyl sites for hydroxylation is 2. The number of benzene rings is 10. The average Bonchev–Trinajstić information content (AvgIpc) is 3.59. The summed E-state index contributed by atoms with van der Waals surface area (Å²) in [6.07, 6.45) is 0. The van der Waals surface area contributed by atoms with Crippen molar-refractivity contribution < 1.29 is 0 Å². The Bertz CT molecular complexity index is 3850. The van der Waals surface area contributed by atoms with E-state index >= 15 is 0 Å². The molecule has 10 aromatic rings. The minimum absolute atomic E-state index is 0.181. The lowest BCUT2D eigenvalue weighted by Gasteiger charge is -2.50. The van der Waals surface area contributed by atoms with E-state index in [1.54, 1.807) is 0 Å². The van der Waals surface area contributed by atoms with E-state index in [4.69, 9.17) is 0 Å². The quantitative estimate of drug-likeness (QED) is 0.170. The van der Waals surface area contributed by atoms with Crippen LogP contribution in [-0.2, 0) is 21.7 Å². The maximum absolute atomic E-state index is 2.60. The maximum atomic E-state index is 2.60. The molecule has 0 unspecified atom stereocenters. The van der Waals surface area contributed by atoms with Gasteiger partial charge >= 0.3 is 0 Å². The number of hydrogen-bond donors (Lipinski definition) is 0. The molecule has 370 valence electrons. The van der Waals surface area contributed by atoms with Crippen molar-refractivity contribution in [3.05, 3.63) is 262 Å². The zero-order chi connectivity index (χ0) is 52.2. The van der Waals surface area contributed by atoms with Gasteiger partial charge in [-0.25, -0.2) is 0 Å². The van der Waals surface area contributed by atoms with Crippen LogP contribution in [-0.4, -0.2) is 0 Å². The molecule has 4 aliphatic heterocycles. The van der Waals surface area contributed by atoms with E-state index in [9.17, 15) is 0 Å². The van der Waals surface area contributed by atoms with Crippen LogP contribution in [0.25, 0.3) is 55.6 Å². The van der Waals surface area contributed by atoms with Crippen molar-refractivity contribution in [1.29, 1.82) is 0 Å². The monoisotopic (exact) mass is 981 g/mol. The summed E-state index contributed by atoms with van der Waals surface area (Å²) >= 11 is 0. The molecule has 0 N–H and O–H groups in total. The lowest BCUT2D eigenvalue weighted by atomic mass is 9.65. The molecule has 0 radical (unpaired) electrons. The molecule has 0 aliphatic carbocycles. The van der Waals surface area contributed by atoms with Crippen molar-refractivity contribution >= 4 is 34.1 Å². The van der Waals surface area contributed by atoms with Gasteiger partial charge in [0.25, 0.3) is 0 Å². The molecule has 14 rings (SSSR count). The summed E-state index contributed by atoms with van der Waals surface area (Å²) in [5, 5.41) is 0. The van der Waals surface area contributed by atoms with Crippen molar-refractivity contribution in [2.24, 2.45) is 0 Å². The van der Waals surface area contributed by atoms with Crippen LogP contribution in [0.2, 0.25) is 0 Å². The first-order valence-electron chi connectivity index (χ1n) is 27.3. The highest BCUT2D eigenvalue weighted by atomic mass is 15.2. The van der Waals surface area contributed by atoms with Crippen LogP contribution in [0.4, 0.5) is 34.1 Å². The molecular weight excluding hydrogens is 917 g/mol. The summed E-state index contributed by atoms with van der Waals surface area (Å²) in [5.74, 6) is 0. The first-order valence-corrected chi connectivity index (χ1v) is 27.3. The molecule has 2 nitrogen and oxygen atoms in total. The first-order chi connectivity index (χ1) is 36.5. The second-order valence-electron chi connectivity index (χ2n) is 24.3. The summed E-state index contributed by atoms with van der Waals surface area (Å²) < 4.78 is 0. The van der Waals surface area contributed by atoms with E-state index in [0.29, 0.717) is 0 Å². The van der Waals surface area contributed by atoms with Crippen molar-refractivity contribution in [2.45, 2.75) is 90.9 Å². The molecule has 0 fully saturated rings. The second kappa shape index (κ2) is 16.2. The molecule has 0 amide bonds. The topological polar surface area (TPSA) is 6.48 Å². The summed E-state index contributed by atoms with van der Waals surface area (Å²) in [4.78, 5) is 5.14. The zero-order valence-corrected chi connectivity index (χ0v) is 45.5. The van der Waals surface area contributed by atoms with E-state index in [0.717, 1.165) is 0 Å². The van der Waals surface area contributed by atoms with E-state index in [2.05, 4.69) is 285 Å². The molecule has 2 heteroatoms. The van der Waals surface area contributed by atoms with Gasteiger partial charge in [-0.2, -0.15) is 0 Å². The van der Waals surface area contributed by atoms with Gasteiger partial charge in [-0.15, -0.1) is 0 Å². The van der Waals surface area contributed by atoms with E-state index in [-0.39, 0.29) is 21.7 Å². The molecule has 0 bridgehead atoms. The molecule has 0 saturated heterocycles. The van der Waals surface area contributed by atoms with Crippen LogP contribution < -0.4 is 9.80 Å². The van der Waals surface area contributed by atoms with Gasteiger partial charge in [0.2, 0.25) is 0 Å². The minimum atomic E-state index is -0.283. The molecule has 0 aromatic heterocycles. The highest BCUT2D eigenvalue weighted by Crippen LogP contribution is 2.63. The fraction of sp³-hybridized carbons (Fsp3) is 0.189. The van der Waals surface area contributed by atoms with Crippen LogP contribution in [0.1, 0.15) is 111 Å². The van der Waals surface area contributed by atoms with Crippen molar-refractivity contribution in [3.8, 4) is 55.6 Å². The normalized spacial score (nSPS) is 16.1. The molecule has 10 aromatic carbocycles. The molecule has 4 aliphatic rings. The van der Waals surface area contributed by atoms with Crippen molar-refractivity contribution in [2.75, 3.05) is 9.80 Å². The summed E-state index contributed by atoms with van der Waals surface area (Å²) in [6.45, 7) is 24.0. The highest BCUT2D eigenvalue weighted by Gasteiger charge is 2.48. The number of nitrogens with zero attached hydrogens (tertiary/aromatic N) is 2. The standard InChI is InChI=1S/C74H64N2/c1-45-38-56(46(2)37-55(45)50-31-29-49(30-32-50)53-41-61-69-62(42-53)72(5,6)58-26-18-20-28-66(58)75(69)65-27-19-17-25-57(65)71(61,3)4)54-43-63-70-64(44-54)74(9,10)60-40-52(48-23-15-12-16-24-48)34-36-68(60)76(70)67-35-33-51(39-59(67)73(63,7)8)47-21-13-11-14-22-47/h11-44H,1-10H3. The Kier molecular flexibility index (Phi) is 9.85. The Labute approximate surface area is 450 Å². The van der Waals surface area contributed by atoms with Gasteiger partial charge < -0.3 is 9.80 Å². The predicted molar refractivity (Wildman–Crippen MR) is 321 cm³/mol. The van der Waals surface area contributed by atoms with Crippen LogP contribution in [0.15, 0.2) is 206 Å². The SMILES string of the molecule is Cc1cc(-c2cc3c4c(c2)C(C)(C)c2cc(-c5ccccc5)ccc2N4c2ccc(-c4ccccc4)cc2C3(C)C)c(C)cc1-c1ccc(-c2cc3c4c(c2)C(C)(C)c2ccccc2N4c2ccccc2C3(C)C)cc1. The number of para-hydroxylation sites is 2. The van der Waals surface area contributed by atoms with Gasteiger partial charge in [-0.1, -0.05) is 201 Å². The maximum Gasteiger partial charge on any atom is 0.0544 e. The Morgan fingerprint density at radius 2 is 0.539 bits per heavy atom.